The van der Waals surface area contributed by atoms with Gasteiger partial charge >= 0.3 is 0 Å². The molecule has 4 nitrogen and oxygen atoms in total. The highest BCUT2D eigenvalue weighted by molar-refractivity contribution is 5.10. The fourth-order valence-electron chi connectivity index (χ4n) is 5.94. The number of rotatable bonds is 1. The Morgan fingerprint density at radius 2 is 1.62 bits per heavy atom. The van der Waals surface area contributed by atoms with Gasteiger partial charge in [0, 0.05) is 12.3 Å². The molecule has 2 aliphatic heterocycles. The molecule has 2 saturated heterocycles. The molecule has 8 atom stereocenters. The van der Waals surface area contributed by atoms with Crippen molar-refractivity contribution >= 4 is 0 Å². The molecule has 0 amide bonds. The van der Waals surface area contributed by atoms with E-state index in [-0.39, 0.29) is 24.0 Å². The van der Waals surface area contributed by atoms with Gasteiger partial charge in [-0.25, -0.2) is 0 Å². The van der Waals surface area contributed by atoms with Gasteiger partial charge in [-0.15, -0.1) is 0 Å². The predicted molar refractivity (Wildman–Crippen MR) is 93.5 cm³/mol. The third-order valence-electron chi connectivity index (χ3n) is 7.19. The van der Waals surface area contributed by atoms with Gasteiger partial charge in [-0.2, -0.15) is 0 Å². The van der Waals surface area contributed by atoms with Crippen molar-refractivity contribution in [2.45, 2.75) is 102 Å². The second-order valence-electron chi connectivity index (χ2n) is 9.91. The zero-order chi connectivity index (χ0) is 17.9. The minimum absolute atomic E-state index is 0.0142. The summed E-state index contributed by atoms with van der Waals surface area (Å²) in [6.07, 6.45) is 3.96. The van der Waals surface area contributed by atoms with E-state index in [1.54, 1.807) is 0 Å². The molecule has 0 aromatic carbocycles. The van der Waals surface area contributed by atoms with Crippen molar-refractivity contribution in [3.05, 3.63) is 0 Å². The molecule has 140 valence electrons. The summed E-state index contributed by atoms with van der Waals surface area (Å²) >= 11 is 0. The van der Waals surface area contributed by atoms with E-state index < -0.39 is 16.8 Å². The van der Waals surface area contributed by atoms with Gasteiger partial charge in [0.05, 0.1) is 29.0 Å². The van der Waals surface area contributed by atoms with Gasteiger partial charge in [-0.1, -0.05) is 13.8 Å². The number of hydrogen-bond acceptors (Lipinski definition) is 4. The van der Waals surface area contributed by atoms with Crippen LogP contribution in [0.4, 0.5) is 0 Å². The molecular weight excluding hydrogens is 304 g/mol. The van der Waals surface area contributed by atoms with E-state index in [0.29, 0.717) is 31.1 Å². The van der Waals surface area contributed by atoms with Crippen LogP contribution in [0.15, 0.2) is 0 Å². The van der Waals surface area contributed by atoms with Crippen molar-refractivity contribution < 1.29 is 20.1 Å². The molecule has 0 aromatic rings. The van der Waals surface area contributed by atoms with Crippen LogP contribution in [0.2, 0.25) is 0 Å². The van der Waals surface area contributed by atoms with Crippen molar-refractivity contribution in [1.29, 1.82) is 0 Å². The van der Waals surface area contributed by atoms with Crippen LogP contribution < -0.4 is 0 Å². The van der Waals surface area contributed by atoms with Crippen molar-refractivity contribution in [1.82, 2.24) is 0 Å². The monoisotopic (exact) mass is 340 g/mol. The maximum Gasteiger partial charge on any atom is 0.0898 e. The van der Waals surface area contributed by atoms with Crippen LogP contribution in [-0.2, 0) is 4.74 Å². The first-order valence-electron chi connectivity index (χ1n) is 9.77. The molecule has 2 heterocycles. The lowest BCUT2D eigenvalue weighted by atomic mass is 9.57. The fourth-order valence-corrected chi connectivity index (χ4v) is 5.94. The van der Waals surface area contributed by atoms with Crippen molar-refractivity contribution in [2.75, 3.05) is 0 Å². The van der Waals surface area contributed by atoms with Crippen molar-refractivity contribution in [3.63, 3.8) is 0 Å². The Morgan fingerprint density at radius 1 is 0.958 bits per heavy atom. The molecule has 0 radical (unpaired) electrons. The summed E-state index contributed by atoms with van der Waals surface area (Å²) in [5, 5.41) is 33.1. The smallest absolute Gasteiger partial charge is 0.0898 e. The Labute approximate surface area is 146 Å². The van der Waals surface area contributed by atoms with Crippen molar-refractivity contribution in [3.8, 4) is 0 Å². The quantitative estimate of drug-likeness (QED) is 0.686. The van der Waals surface area contributed by atoms with Crippen LogP contribution in [-0.4, -0.2) is 44.3 Å². The minimum atomic E-state index is -0.904. The molecule has 1 saturated carbocycles. The lowest BCUT2D eigenvalue weighted by Gasteiger charge is -2.49. The molecule has 3 fully saturated rings. The van der Waals surface area contributed by atoms with E-state index in [0.717, 1.165) is 19.3 Å². The van der Waals surface area contributed by atoms with Crippen molar-refractivity contribution in [2.24, 2.45) is 23.7 Å². The summed E-state index contributed by atoms with van der Waals surface area (Å²) in [4.78, 5) is 0. The number of ether oxygens (including phenoxy) is 1. The van der Waals surface area contributed by atoms with E-state index in [1.165, 1.54) is 0 Å². The molecule has 0 unspecified atom stereocenters. The van der Waals surface area contributed by atoms with E-state index >= 15 is 0 Å². The van der Waals surface area contributed by atoms with Gasteiger partial charge in [0.15, 0.2) is 0 Å². The lowest BCUT2D eigenvalue weighted by Crippen LogP contribution is -2.54. The molecule has 24 heavy (non-hydrogen) atoms. The van der Waals surface area contributed by atoms with E-state index in [2.05, 4.69) is 13.8 Å². The predicted octanol–water partition coefficient (Wildman–Crippen LogP) is 2.88. The zero-order valence-corrected chi connectivity index (χ0v) is 16.0. The molecule has 1 aliphatic carbocycles. The second-order valence-corrected chi connectivity index (χ2v) is 9.91. The third-order valence-corrected chi connectivity index (χ3v) is 7.19. The first-order valence-corrected chi connectivity index (χ1v) is 9.77. The van der Waals surface area contributed by atoms with Gasteiger partial charge < -0.3 is 20.1 Å². The van der Waals surface area contributed by atoms with Gasteiger partial charge in [-0.3, -0.25) is 0 Å². The molecule has 3 aliphatic rings. The summed E-state index contributed by atoms with van der Waals surface area (Å²) in [6.45, 7) is 10.2. The first-order chi connectivity index (χ1) is 10.9. The first kappa shape index (κ1) is 18.6. The Bertz CT molecular complexity index is 468. The molecule has 3 rings (SSSR count). The highest BCUT2D eigenvalue weighted by Crippen LogP contribution is 2.56. The number of hydrogen-bond donors (Lipinski definition) is 3. The van der Waals surface area contributed by atoms with Crippen LogP contribution in [0.25, 0.3) is 0 Å². The second kappa shape index (κ2) is 5.94. The molecular formula is C20H36O4. The molecule has 4 heteroatoms. The van der Waals surface area contributed by atoms with Gasteiger partial charge in [0.1, 0.15) is 0 Å². The largest absolute Gasteiger partial charge is 0.390 e. The van der Waals surface area contributed by atoms with Gasteiger partial charge in [-0.05, 0) is 70.6 Å². The van der Waals surface area contributed by atoms with Crippen LogP contribution in [0, 0.1) is 23.7 Å². The zero-order valence-electron chi connectivity index (χ0n) is 16.0. The summed E-state index contributed by atoms with van der Waals surface area (Å²) in [5.41, 5.74) is -2.50. The SMILES string of the molecule is CC(C)[C@H]1CC[C@@](C)(O)[C@H]2[C@@H]1[C@H]1O[C@@H]2C[C@](C)(O)CCC[C@@]1(C)O. The van der Waals surface area contributed by atoms with Crippen LogP contribution in [0.5, 0.6) is 0 Å². The maximum atomic E-state index is 11.2. The molecule has 0 aromatic heterocycles. The van der Waals surface area contributed by atoms with Gasteiger partial charge in [0.2, 0.25) is 0 Å². The number of fused-ring (bicyclic) bond motifs is 5. The van der Waals surface area contributed by atoms with E-state index in [9.17, 15) is 15.3 Å². The Morgan fingerprint density at radius 3 is 2.25 bits per heavy atom. The third kappa shape index (κ3) is 3.15. The highest BCUT2D eigenvalue weighted by Gasteiger charge is 2.62. The normalized spacial score (nSPS) is 55.6. The van der Waals surface area contributed by atoms with E-state index in [4.69, 9.17) is 4.74 Å². The molecule has 0 spiro atoms. The average molecular weight is 341 g/mol. The summed E-state index contributed by atoms with van der Waals surface area (Å²) in [7, 11) is 0. The average Bonchev–Trinajstić information content (AvgIpc) is 2.78. The lowest BCUT2D eigenvalue weighted by molar-refractivity contribution is -0.121. The van der Waals surface area contributed by atoms with Crippen LogP contribution in [0.1, 0.15) is 73.1 Å². The maximum absolute atomic E-state index is 11.2. The van der Waals surface area contributed by atoms with Gasteiger partial charge in [0.25, 0.3) is 0 Å². The number of aliphatic hydroxyl groups is 3. The Balaban J connectivity index is 2.04. The summed E-state index contributed by atoms with van der Waals surface area (Å²) < 4.78 is 6.43. The summed E-state index contributed by atoms with van der Waals surface area (Å²) in [5.74, 6) is 1.08. The minimum Gasteiger partial charge on any atom is -0.390 e. The molecule has 2 bridgehead atoms. The summed E-state index contributed by atoms with van der Waals surface area (Å²) in [6, 6.07) is 0. The Kier molecular flexibility index (Phi) is 4.61. The topological polar surface area (TPSA) is 69.9 Å². The Hall–Kier alpha value is -0.160. The standard InChI is InChI=1S/C20H36O4/c1-12(2)13-7-10-19(4,22)16-14-11-18(3,21)8-6-9-20(5,23)17(24-14)15(13)16/h12-17,21-23H,6-11H2,1-5H3/t13-,14-,15-,16-,17-,18-,19-,20-/m1/s1. The fraction of sp³-hybridized carbons (Fsp3) is 1.00. The molecule has 3 N–H and O–H groups in total. The van der Waals surface area contributed by atoms with Crippen LogP contribution >= 0.6 is 0 Å². The van der Waals surface area contributed by atoms with E-state index in [1.807, 2.05) is 20.8 Å². The van der Waals surface area contributed by atoms with Crippen LogP contribution in [0.3, 0.4) is 0 Å². The highest BCUT2D eigenvalue weighted by atomic mass is 16.5.